The summed E-state index contributed by atoms with van der Waals surface area (Å²) in [4.78, 5) is 16.8. The number of rotatable bonds is 0. The summed E-state index contributed by atoms with van der Waals surface area (Å²) in [5, 5.41) is 32.0. The maximum Gasteiger partial charge on any atom is 2.00 e. The van der Waals surface area contributed by atoms with Gasteiger partial charge in [-0.2, -0.15) is 0 Å². The van der Waals surface area contributed by atoms with Crippen molar-refractivity contribution in [2.24, 2.45) is 0 Å². The summed E-state index contributed by atoms with van der Waals surface area (Å²) in [6.45, 7) is 0. The summed E-state index contributed by atoms with van der Waals surface area (Å²) in [5.41, 5.74) is 0. The zero-order valence-corrected chi connectivity index (χ0v) is 7.86. The predicted octanol–water partition coefficient (Wildman–Crippen LogP) is -6.56. The van der Waals surface area contributed by atoms with Gasteiger partial charge in [-0.25, -0.2) is 0 Å². The van der Waals surface area contributed by atoms with Crippen molar-refractivity contribution >= 4 is 12.3 Å². The van der Waals surface area contributed by atoms with Crippen molar-refractivity contribution in [3.8, 4) is 0 Å². The SMILES string of the molecule is O=C([O-])O.O=C([O-])[O-].[Co+2].[Na+]. The quantitative estimate of drug-likeness (QED) is 0.390. The molecule has 0 bridgehead atoms. The summed E-state index contributed by atoms with van der Waals surface area (Å²) in [6.07, 6.45) is -4.42. The average molecular weight is 203 g/mol. The minimum absolute atomic E-state index is 0. The van der Waals surface area contributed by atoms with Gasteiger partial charge in [0.1, 0.15) is 0 Å². The molecule has 0 aliphatic carbocycles. The Kier molecular flexibility index (Phi) is 36.0. The molecule has 1 N–H and O–H groups in total. The van der Waals surface area contributed by atoms with Gasteiger partial charge in [0.25, 0.3) is 0 Å². The predicted molar refractivity (Wildman–Crippen MR) is 13.4 cm³/mol. The van der Waals surface area contributed by atoms with Crippen LogP contribution >= 0.6 is 0 Å². The fourth-order valence-corrected chi connectivity index (χ4v) is 0. The molecule has 0 saturated carbocycles. The fraction of sp³-hybridized carbons (Fsp3) is 0. The van der Waals surface area contributed by atoms with Gasteiger partial charge in [-0.3, -0.25) is 0 Å². The van der Waals surface area contributed by atoms with Gasteiger partial charge in [-0.1, -0.05) is 0 Å². The van der Waals surface area contributed by atoms with Gasteiger partial charge in [-0.15, -0.1) is 0 Å². The second kappa shape index (κ2) is 16.0. The van der Waals surface area contributed by atoms with Crippen molar-refractivity contribution in [3.05, 3.63) is 0 Å². The first-order valence-corrected chi connectivity index (χ1v) is 1.24. The van der Waals surface area contributed by atoms with Gasteiger partial charge in [0, 0.05) is 0 Å². The molecule has 0 amide bonds. The van der Waals surface area contributed by atoms with E-state index in [-0.39, 0.29) is 46.3 Å². The van der Waals surface area contributed by atoms with Crippen molar-refractivity contribution < 1.29 is 76.4 Å². The van der Waals surface area contributed by atoms with E-state index in [9.17, 15) is 0 Å². The third-order valence-electron chi connectivity index (χ3n) is 0. The zero-order chi connectivity index (χ0) is 7.15. The summed E-state index contributed by atoms with van der Waals surface area (Å²) in [6, 6.07) is 0. The van der Waals surface area contributed by atoms with Crippen LogP contribution in [0.5, 0.6) is 0 Å². The molecule has 0 fully saturated rings. The van der Waals surface area contributed by atoms with Crippen LogP contribution in [-0.2, 0) is 16.8 Å². The van der Waals surface area contributed by atoms with Crippen LogP contribution in [0.3, 0.4) is 0 Å². The van der Waals surface area contributed by atoms with Crippen LogP contribution in [-0.4, -0.2) is 17.4 Å². The molecule has 0 rings (SSSR count). The molecular weight excluding hydrogens is 202 g/mol. The van der Waals surface area contributed by atoms with Crippen LogP contribution in [0, 0.1) is 0 Å². The number of carbonyl (C=O) groups excluding carboxylic acids is 1. The Morgan fingerprint density at radius 3 is 1.10 bits per heavy atom. The molecule has 0 spiro atoms. The molecule has 0 aliphatic rings. The largest absolute Gasteiger partial charge is 2.00 e. The minimum Gasteiger partial charge on any atom is -0.652 e. The molecule has 1 radical (unpaired) electrons. The summed E-state index contributed by atoms with van der Waals surface area (Å²) in [7, 11) is 0. The number of carbonyl (C=O) groups is 2. The van der Waals surface area contributed by atoms with E-state index in [1.54, 1.807) is 0 Å². The van der Waals surface area contributed by atoms with E-state index in [1.807, 2.05) is 0 Å². The molecule has 0 aromatic rings. The van der Waals surface area contributed by atoms with Gasteiger partial charge in [0.05, 0.1) is 0 Å². The fourth-order valence-electron chi connectivity index (χ4n) is 0. The topological polar surface area (TPSA) is 124 Å². The molecular formula is C2HCoNaO6. The Morgan fingerprint density at radius 1 is 1.10 bits per heavy atom. The summed E-state index contributed by atoms with van der Waals surface area (Å²) >= 11 is 0. The standard InChI is InChI=1S/2CH2O3.Co.Na/c2*2-1(3)4;;/h2*(H2,2,3,4);;/q;;+2;+1/p-3. The average Bonchev–Trinajstić information content (AvgIpc) is 1.25. The third-order valence-corrected chi connectivity index (χ3v) is 0. The van der Waals surface area contributed by atoms with E-state index in [1.165, 1.54) is 0 Å². The van der Waals surface area contributed by atoms with Crippen molar-refractivity contribution in [3.63, 3.8) is 0 Å². The minimum atomic E-state index is -2.33. The van der Waals surface area contributed by atoms with E-state index in [0.29, 0.717) is 0 Å². The first-order valence-electron chi connectivity index (χ1n) is 1.24. The molecule has 0 heterocycles. The van der Waals surface area contributed by atoms with Crippen molar-refractivity contribution in [2.75, 3.05) is 0 Å². The van der Waals surface area contributed by atoms with Crippen molar-refractivity contribution in [1.29, 1.82) is 0 Å². The molecule has 55 valence electrons. The number of carboxylic acid groups (broad SMARTS) is 4. The maximum absolute atomic E-state index is 8.44. The third kappa shape index (κ3) is 185000. The van der Waals surface area contributed by atoms with Crippen LogP contribution in [0.2, 0.25) is 0 Å². The molecule has 8 heteroatoms. The molecule has 0 aromatic heterocycles. The Bertz CT molecular complexity index is 73.7. The molecule has 0 aliphatic heterocycles. The van der Waals surface area contributed by atoms with Crippen LogP contribution in [0.25, 0.3) is 0 Å². The van der Waals surface area contributed by atoms with Gasteiger partial charge < -0.3 is 30.0 Å². The van der Waals surface area contributed by atoms with Gasteiger partial charge >= 0.3 is 46.3 Å². The van der Waals surface area contributed by atoms with E-state index in [2.05, 4.69) is 0 Å². The number of hydrogen-bond donors (Lipinski definition) is 1. The Labute approximate surface area is 88.3 Å². The van der Waals surface area contributed by atoms with Gasteiger partial charge in [-0.05, 0) is 6.16 Å². The first-order chi connectivity index (χ1) is 3.46. The van der Waals surface area contributed by atoms with Gasteiger partial charge in [0.2, 0.25) is 6.16 Å². The summed E-state index contributed by atoms with van der Waals surface area (Å²) in [5.74, 6) is 0. The van der Waals surface area contributed by atoms with Gasteiger partial charge in [0.15, 0.2) is 0 Å². The zero-order valence-electron chi connectivity index (χ0n) is 4.82. The monoisotopic (exact) mass is 203 g/mol. The van der Waals surface area contributed by atoms with E-state index in [4.69, 9.17) is 30.0 Å². The van der Waals surface area contributed by atoms with E-state index < -0.39 is 12.3 Å². The van der Waals surface area contributed by atoms with Crippen LogP contribution in [0.1, 0.15) is 0 Å². The van der Waals surface area contributed by atoms with E-state index >= 15 is 0 Å². The molecule has 6 nitrogen and oxygen atoms in total. The first kappa shape index (κ1) is 22.5. The normalized spacial score (nSPS) is 4.80. The van der Waals surface area contributed by atoms with Crippen LogP contribution < -0.4 is 44.9 Å². The van der Waals surface area contributed by atoms with Crippen molar-refractivity contribution in [2.45, 2.75) is 0 Å². The maximum atomic E-state index is 8.44. The summed E-state index contributed by atoms with van der Waals surface area (Å²) < 4.78 is 0. The Hall–Kier alpha value is 0.0465. The second-order valence-electron chi connectivity index (χ2n) is 0.516. The second-order valence-corrected chi connectivity index (χ2v) is 0.516. The number of hydrogen-bond acceptors (Lipinski definition) is 5. The van der Waals surface area contributed by atoms with E-state index in [0.717, 1.165) is 0 Å². The Balaban J connectivity index is -0.0000000300. The smallest absolute Gasteiger partial charge is 0.652 e. The van der Waals surface area contributed by atoms with Crippen LogP contribution in [0.15, 0.2) is 0 Å². The molecule has 0 saturated heterocycles. The molecule has 10 heavy (non-hydrogen) atoms. The van der Waals surface area contributed by atoms with Crippen molar-refractivity contribution in [1.82, 2.24) is 0 Å². The van der Waals surface area contributed by atoms with Crippen LogP contribution in [0.4, 0.5) is 9.59 Å². The molecule has 0 unspecified atom stereocenters. The molecule has 0 atom stereocenters. The molecule has 0 aromatic carbocycles. The Morgan fingerprint density at radius 2 is 1.10 bits per heavy atom.